The SMILES string of the molecule is C[C@H](C[C@H](N)Cc1ccc(-c2ccccc2)cc1)C(=O)OCCCC[C@H](CO[N+](=O)[O-])O[N+](=O)[O-]. The molecule has 2 aromatic rings. The molecule has 11 nitrogen and oxygen atoms in total. The van der Waals surface area contributed by atoms with E-state index in [1.54, 1.807) is 6.92 Å². The molecule has 0 aliphatic rings. The molecule has 0 amide bonds. The Morgan fingerprint density at radius 3 is 2.26 bits per heavy atom. The van der Waals surface area contributed by atoms with Crippen LogP contribution in [-0.2, 0) is 25.6 Å². The number of unbranched alkanes of at least 4 members (excludes halogenated alkanes) is 1. The maximum Gasteiger partial charge on any atom is 0.308 e. The van der Waals surface area contributed by atoms with Crippen molar-refractivity contribution in [3.63, 3.8) is 0 Å². The molecule has 0 radical (unpaired) electrons. The normalized spacial score (nSPS) is 13.3. The average molecular weight is 490 g/mol. The van der Waals surface area contributed by atoms with Crippen LogP contribution < -0.4 is 5.73 Å². The highest BCUT2D eigenvalue weighted by Crippen LogP contribution is 2.20. The van der Waals surface area contributed by atoms with Crippen LogP contribution in [0.25, 0.3) is 11.1 Å². The summed E-state index contributed by atoms with van der Waals surface area (Å²) in [4.78, 5) is 41.5. The molecule has 0 heterocycles. The highest BCUT2D eigenvalue weighted by Gasteiger charge is 2.19. The van der Waals surface area contributed by atoms with Crippen LogP contribution in [0.4, 0.5) is 0 Å². The summed E-state index contributed by atoms with van der Waals surface area (Å²) in [6.45, 7) is 1.34. The highest BCUT2D eigenvalue weighted by molar-refractivity contribution is 5.72. The van der Waals surface area contributed by atoms with E-state index in [1.165, 1.54) is 0 Å². The van der Waals surface area contributed by atoms with E-state index >= 15 is 0 Å². The predicted octanol–water partition coefficient (Wildman–Crippen LogP) is 3.75. The summed E-state index contributed by atoms with van der Waals surface area (Å²) in [5.74, 6) is -0.748. The molecule has 3 atom stereocenters. The Labute approximate surface area is 203 Å². The lowest BCUT2D eigenvalue weighted by atomic mass is 9.95. The monoisotopic (exact) mass is 489 g/mol. The van der Waals surface area contributed by atoms with Crippen LogP contribution in [0.2, 0.25) is 0 Å². The molecule has 0 saturated heterocycles. The van der Waals surface area contributed by atoms with E-state index < -0.39 is 22.9 Å². The van der Waals surface area contributed by atoms with Gasteiger partial charge in [-0.2, -0.15) is 0 Å². The minimum Gasteiger partial charge on any atom is -0.465 e. The third-order valence-corrected chi connectivity index (χ3v) is 5.38. The summed E-state index contributed by atoms with van der Waals surface area (Å²) in [6.07, 6.45) is 1.02. The second kappa shape index (κ2) is 14.5. The molecule has 0 spiro atoms. The first-order valence-electron chi connectivity index (χ1n) is 11.4. The van der Waals surface area contributed by atoms with E-state index in [9.17, 15) is 25.0 Å². The molecule has 0 fully saturated rings. The minimum absolute atomic E-state index is 0.126. The quantitative estimate of drug-likeness (QED) is 0.160. The van der Waals surface area contributed by atoms with Crippen LogP contribution in [0.15, 0.2) is 54.6 Å². The van der Waals surface area contributed by atoms with Crippen LogP contribution in [-0.4, -0.2) is 41.5 Å². The Kier molecular flexibility index (Phi) is 11.4. The fourth-order valence-corrected chi connectivity index (χ4v) is 3.62. The molecule has 0 aromatic heterocycles. The Hall–Kier alpha value is -3.73. The van der Waals surface area contributed by atoms with E-state index in [-0.39, 0.29) is 31.0 Å². The van der Waals surface area contributed by atoms with Crippen molar-refractivity contribution < 1.29 is 29.4 Å². The van der Waals surface area contributed by atoms with Crippen molar-refractivity contribution in [2.45, 2.75) is 51.2 Å². The minimum atomic E-state index is -1.07. The molecule has 0 saturated carbocycles. The van der Waals surface area contributed by atoms with E-state index in [4.69, 9.17) is 10.5 Å². The van der Waals surface area contributed by atoms with Gasteiger partial charge in [0.05, 0.1) is 12.5 Å². The van der Waals surface area contributed by atoms with Gasteiger partial charge >= 0.3 is 5.97 Å². The molecule has 2 aromatic carbocycles. The lowest BCUT2D eigenvalue weighted by molar-refractivity contribution is -0.790. The maximum atomic E-state index is 12.3. The van der Waals surface area contributed by atoms with Gasteiger partial charge in [-0.1, -0.05) is 61.5 Å². The molecule has 0 unspecified atom stereocenters. The highest BCUT2D eigenvalue weighted by atomic mass is 17.0. The number of hydrogen-bond acceptors (Lipinski definition) is 9. The van der Waals surface area contributed by atoms with Crippen molar-refractivity contribution in [2.75, 3.05) is 13.2 Å². The van der Waals surface area contributed by atoms with Gasteiger partial charge in [0.1, 0.15) is 12.7 Å². The van der Waals surface area contributed by atoms with E-state index in [0.717, 1.165) is 16.7 Å². The van der Waals surface area contributed by atoms with Gasteiger partial charge in [0.2, 0.25) is 0 Å². The first kappa shape index (κ1) is 27.5. The number of ether oxygens (including phenoxy) is 1. The number of nitrogens with two attached hydrogens (primary N) is 1. The van der Waals surface area contributed by atoms with E-state index in [2.05, 4.69) is 33.9 Å². The Morgan fingerprint density at radius 2 is 1.63 bits per heavy atom. The van der Waals surface area contributed by atoms with Gasteiger partial charge in [-0.3, -0.25) is 4.79 Å². The van der Waals surface area contributed by atoms with E-state index in [0.29, 0.717) is 25.7 Å². The van der Waals surface area contributed by atoms with Gasteiger partial charge in [-0.15, -0.1) is 20.2 Å². The first-order chi connectivity index (χ1) is 16.7. The molecule has 35 heavy (non-hydrogen) atoms. The Morgan fingerprint density at radius 1 is 0.971 bits per heavy atom. The summed E-state index contributed by atoms with van der Waals surface area (Å²) in [5.41, 5.74) is 9.61. The Bertz CT molecular complexity index is 940. The van der Waals surface area contributed by atoms with Crippen LogP contribution in [0.5, 0.6) is 0 Å². The lowest BCUT2D eigenvalue weighted by Gasteiger charge is -2.17. The molecule has 2 rings (SSSR count). The van der Waals surface area contributed by atoms with Gasteiger partial charge in [0, 0.05) is 6.04 Å². The van der Waals surface area contributed by atoms with Crippen LogP contribution in [0.3, 0.4) is 0 Å². The third-order valence-electron chi connectivity index (χ3n) is 5.38. The second-order valence-electron chi connectivity index (χ2n) is 8.30. The van der Waals surface area contributed by atoms with Gasteiger partial charge in [-0.05, 0) is 48.8 Å². The van der Waals surface area contributed by atoms with Crippen LogP contribution in [0.1, 0.15) is 38.2 Å². The van der Waals surface area contributed by atoms with Crippen molar-refractivity contribution >= 4 is 5.97 Å². The van der Waals surface area contributed by atoms with Crippen LogP contribution in [0, 0.1) is 26.1 Å². The van der Waals surface area contributed by atoms with E-state index in [1.807, 2.05) is 30.3 Å². The summed E-state index contributed by atoms with van der Waals surface area (Å²) in [6, 6.07) is 18.1. The first-order valence-corrected chi connectivity index (χ1v) is 11.4. The lowest BCUT2D eigenvalue weighted by Crippen LogP contribution is -2.29. The van der Waals surface area contributed by atoms with Gasteiger partial charge in [0.15, 0.2) is 0 Å². The molecular weight excluding hydrogens is 458 g/mol. The molecular formula is C24H31N3O8. The molecule has 190 valence electrons. The number of nitrogens with zero attached hydrogens (tertiary/aromatic N) is 2. The van der Waals surface area contributed by atoms with Crippen molar-refractivity contribution in [1.82, 2.24) is 0 Å². The van der Waals surface area contributed by atoms with Gasteiger partial charge in [0.25, 0.3) is 10.2 Å². The topological polar surface area (TPSA) is 157 Å². The molecule has 2 N–H and O–H groups in total. The van der Waals surface area contributed by atoms with Crippen LogP contribution >= 0.6 is 0 Å². The van der Waals surface area contributed by atoms with Crippen molar-refractivity contribution in [2.24, 2.45) is 11.7 Å². The number of hydrogen-bond donors (Lipinski definition) is 1. The molecule has 0 bridgehead atoms. The largest absolute Gasteiger partial charge is 0.465 e. The average Bonchev–Trinajstić information content (AvgIpc) is 2.82. The standard InChI is InChI=1S/C24H31N3O8/c1-18(24(28)33-14-6-5-9-23(35-27(31)32)17-34-26(29)30)15-22(25)16-19-10-12-21(13-11-19)20-7-3-2-4-8-20/h2-4,7-8,10-13,18,22-23H,5-6,9,14-17,25H2,1H3/t18-,22+,23-/m1/s1. The Balaban J connectivity index is 1.67. The zero-order chi connectivity index (χ0) is 25.6. The number of esters is 1. The smallest absolute Gasteiger partial charge is 0.308 e. The van der Waals surface area contributed by atoms with Crippen molar-refractivity contribution in [3.05, 3.63) is 80.4 Å². The van der Waals surface area contributed by atoms with Gasteiger partial charge in [-0.25, -0.2) is 0 Å². The van der Waals surface area contributed by atoms with Gasteiger partial charge < -0.3 is 20.1 Å². The molecule has 11 heteroatoms. The number of carbonyl (C=O) groups is 1. The fourth-order valence-electron chi connectivity index (χ4n) is 3.62. The summed E-state index contributed by atoms with van der Waals surface area (Å²) in [7, 11) is 0. The zero-order valence-corrected chi connectivity index (χ0v) is 19.6. The predicted molar refractivity (Wildman–Crippen MR) is 127 cm³/mol. The molecule has 0 aliphatic heterocycles. The summed E-state index contributed by atoms with van der Waals surface area (Å²) >= 11 is 0. The van der Waals surface area contributed by atoms with Crippen molar-refractivity contribution in [1.29, 1.82) is 0 Å². The third kappa shape index (κ3) is 10.8. The number of rotatable bonds is 16. The molecule has 0 aliphatic carbocycles. The maximum absolute atomic E-state index is 12.3. The zero-order valence-electron chi connectivity index (χ0n) is 19.6. The second-order valence-corrected chi connectivity index (χ2v) is 8.30. The summed E-state index contributed by atoms with van der Waals surface area (Å²) in [5, 5.41) is 18.6. The number of carbonyl (C=O) groups excluding carboxylic acids is 1. The number of benzene rings is 2. The summed E-state index contributed by atoms with van der Waals surface area (Å²) < 4.78 is 5.27. The van der Waals surface area contributed by atoms with Crippen molar-refractivity contribution in [3.8, 4) is 11.1 Å². The fraction of sp³-hybridized carbons (Fsp3) is 0.458.